The fourth-order valence-corrected chi connectivity index (χ4v) is 6.71. The lowest BCUT2D eigenvalue weighted by Gasteiger charge is -2.38. The molecular formula is C37H62N2O9. The van der Waals surface area contributed by atoms with Crippen LogP contribution in [0.1, 0.15) is 86.5 Å². The number of nitrogens with zero attached hydrogens (tertiary/aromatic N) is 2. The third-order valence-electron chi connectivity index (χ3n) is 10.3. The topological polar surface area (TPSA) is 153 Å². The lowest BCUT2D eigenvalue weighted by molar-refractivity contribution is -0.151. The van der Waals surface area contributed by atoms with Crippen molar-refractivity contribution in [1.82, 2.24) is 9.80 Å². The van der Waals surface area contributed by atoms with E-state index in [0.29, 0.717) is 38.5 Å². The third kappa shape index (κ3) is 12.2. The summed E-state index contributed by atoms with van der Waals surface area (Å²) in [5.74, 6) is -0.935. The molecule has 2 fully saturated rings. The largest absolute Gasteiger partial charge is 0.457 e. The lowest BCUT2D eigenvalue weighted by atomic mass is 9.91. The van der Waals surface area contributed by atoms with Crippen LogP contribution in [-0.2, 0) is 19.0 Å². The number of ether oxygens (including phenoxy) is 3. The maximum atomic E-state index is 13.2. The van der Waals surface area contributed by atoms with E-state index in [1.165, 1.54) is 4.90 Å². The van der Waals surface area contributed by atoms with Gasteiger partial charge in [0.2, 0.25) is 0 Å². The van der Waals surface area contributed by atoms with Gasteiger partial charge in [0, 0.05) is 38.4 Å². The van der Waals surface area contributed by atoms with Gasteiger partial charge in [0.05, 0.1) is 48.6 Å². The highest BCUT2D eigenvalue weighted by Gasteiger charge is 2.47. The number of carbonyl (C=O) groups is 2. The molecule has 274 valence electrons. The van der Waals surface area contributed by atoms with Crippen molar-refractivity contribution in [3.8, 4) is 0 Å². The van der Waals surface area contributed by atoms with Gasteiger partial charge in [0.1, 0.15) is 12.2 Å². The second kappa shape index (κ2) is 17.6. The van der Waals surface area contributed by atoms with Gasteiger partial charge < -0.3 is 44.4 Å². The predicted molar refractivity (Wildman–Crippen MR) is 184 cm³/mol. The number of rotatable bonds is 11. The zero-order valence-electron chi connectivity index (χ0n) is 30.4. The third-order valence-corrected chi connectivity index (χ3v) is 10.3. The van der Waals surface area contributed by atoms with Gasteiger partial charge in [-0.05, 0) is 70.6 Å². The molecule has 10 atom stereocenters. The first-order valence-corrected chi connectivity index (χ1v) is 17.7. The van der Waals surface area contributed by atoms with Gasteiger partial charge in [0.25, 0.3) is 0 Å². The summed E-state index contributed by atoms with van der Waals surface area (Å²) in [5, 5.41) is 42.8. The highest BCUT2D eigenvalue weighted by Crippen LogP contribution is 2.37. The van der Waals surface area contributed by atoms with E-state index >= 15 is 0 Å². The molecule has 2 saturated heterocycles. The summed E-state index contributed by atoms with van der Waals surface area (Å²) in [6.45, 7) is 13.0. The minimum Gasteiger partial charge on any atom is -0.457 e. The van der Waals surface area contributed by atoms with E-state index in [1.54, 1.807) is 32.2 Å². The van der Waals surface area contributed by atoms with Crippen molar-refractivity contribution in [2.24, 2.45) is 17.8 Å². The number of epoxide rings is 1. The number of hydrogen-bond acceptors (Lipinski definition) is 10. The number of aliphatic hydroxyl groups is 4. The summed E-state index contributed by atoms with van der Waals surface area (Å²) in [5.41, 5.74) is -1.36. The van der Waals surface area contributed by atoms with Crippen LogP contribution < -0.4 is 0 Å². The molecule has 3 rings (SSSR count). The normalized spacial score (nSPS) is 33.8. The molecule has 0 spiro atoms. The molecule has 0 aromatic carbocycles. The number of cyclic esters (lactones) is 1. The lowest BCUT2D eigenvalue weighted by Crippen LogP contribution is -2.50. The van der Waals surface area contributed by atoms with Crippen molar-refractivity contribution >= 4 is 12.1 Å². The van der Waals surface area contributed by atoms with Crippen LogP contribution in [0.5, 0.6) is 0 Å². The SMILES string of the molecule is CCC(O)C(C)C1OC1CC(C)(O)/C=C/C=C(\C)C1OC(=O)CC(O)CCC(C)C(OC(=O)N(C)CC2(O)CCN(C)CC2)/C=C/C1C. The highest BCUT2D eigenvalue weighted by atomic mass is 16.6. The number of amides is 1. The van der Waals surface area contributed by atoms with E-state index in [1.807, 2.05) is 53.8 Å². The molecule has 0 aliphatic carbocycles. The first-order chi connectivity index (χ1) is 22.4. The Kier molecular flexibility index (Phi) is 14.7. The molecule has 0 bridgehead atoms. The molecule has 0 aromatic heterocycles. The second-order valence-electron chi connectivity index (χ2n) is 15.1. The number of aliphatic hydroxyl groups excluding tert-OH is 2. The van der Waals surface area contributed by atoms with Crippen molar-refractivity contribution in [3.05, 3.63) is 36.0 Å². The number of allylic oxidation sites excluding steroid dienone is 2. The zero-order valence-corrected chi connectivity index (χ0v) is 30.4. The van der Waals surface area contributed by atoms with Crippen molar-refractivity contribution in [3.63, 3.8) is 0 Å². The first-order valence-electron chi connectivity index (χ1n) is 17.7. The van der Waals surface area contributed by atoms with Gasteiger partial charge in [-0.25, -0.2) is 4.79 Å². The maximum absolute atomic E-state index is 13.2. The Hall–Kier alpha value is -2.28. The number of likely N-dealkylation sites (tertiary alicyclic amines) is 1. The average Bonchev–Trinajstić information content (AvgIpc) is 3.78. The molecule has 3 aliphatic rings. The van der Waals surface area contributed by atoms with E-state index in [0.717, 1.165) is 18.7 Å². The van der Waals surface area contributed by atoms with Crippen LogP contribution in [0, 0.1) is 17.8 Å². The van der Waals surface area contributed by atoms with Crippen LogP contribution >= 0.6 is 0 Å². The van der Waals surface area contributed by atoms with E-state index in [2.05, 4.69) is 4.90 Å². The fraction of sp³-hybridized carbons (Fsp3) is 0.784. The van der Waals surface area contributed by atoms with Crippen molar-refractivity contribution in [2.75, 3.05) is 33.7 Å². The summed E-state index contributed by atoms with van der Waals surface area (Å²) in [6.07, 6.45) is 8.56. The van der Waals surface area contributed by atoms with Crippen molar-refractivity contribution in [1.29, 1.82) is 0 Å². The second-order valence-corrected chi connectivity index (χ2v) is 15.1. The summed E-state index contributed by atoms with van der Waals surface area (Å²) >= 11 is 0. The van der Waals surface area contributed by atoms with Crippen LogP contribution in [0.2, 0.25) is 0 Å². The molecular weight excluding hydrogens is 616 g/mol. The minimum absolute atomic E-state index is 0.00509. The molecule has 0 saturated carbocycles. The number of likely N-dealkylation sites (N-methyl/N-ethyl adjacent to an activating group) is 1. The molecule has 48 heavy (non-hydrogen) atoms. The molecule has 10 unspecified atom stereocenters. The summed E-state index contributed by atoms with van der Waals surface area (Å²) in [4.78, 5) is 29.6. The quantitative estimate of drug-likeness (QED) is 0.109. The molecule has 0 radical (unpaired) electrons. The smallest absolute Gasteiger partial charge is 0.410 e. The molecule has 3 aliphatic heterocycles. The van der Waals surface area contributed by atoms with Crippen LogP contribution in [-0.4, -0.2) is 124 Å². The summed E-state index contributed by atoms with van der Waals surface area (Å²) < 4.78 is 17.6. The van der Waals surface area contributed by atoms with Gasteiger partial charge in [-0.2, -0.15) is 0 Å². The Bertz CT molecular complexity index is 1150. The molecule has 0 aromatic rings. The highest BCUT2D eigenvalue weighted by molar-refractivity contribution is 5.70. The Morgan fingerprint density at radius 1 is 1.25 bits per heavy atom. The van der Waals surface area contributed by atoms with Crippen LogP contribution in [0.3, 0.4) is 0 Å². The van der Waals surface area contributed by atoms with Gasteiger partial charge in [-0.15, -0.1) is 0 Å². The van der Waals surface area contributed by atoms with Crippen LogP contribution in [0.4, 0.5) is 4.79 Å². The van der Waals surface area contributed by atoms with Crippen LogP contribution in [0.15, 0.2) is 36.0 Å². The molecule has 4 N–H and O–H groups in total. The van der Waals surface area contributed by atoms with Crippen LogP contribution in [0.25, 0.3) is 0 Å². The standard InChI is InChI=1S/C37H62N2O9/c1-9-29(41)27(5)34-31(46-34)22-36(6,44)16-10-11-25(3)33-26(4)13-15-30(24(2)12-14-28(40)21-32(42)48-33)47-35(43)39(8)23-37(45)17-19-38(7)20-18-37/h10-11,13,15-16,24,26-31,33-34,40-41,44-45H,9,12,14,17-23H2,1-8H3/b15-13+,16-10+,25-11+. The summed E-state index contributed by atoms with van der Waals surface area (Å²) in [7, 11) is 3.65. The van der Waals surface area contributed by atoms with Crippen molar-refractivity contribution < 1.29 is 44.2 Å². The monoisotopic (exact) mass is 678 g/mol. The Labute approximate surface area is 287 Å². The Morgan fingerprint density at radius 3 is 2.56 bits per heavy atom. The van der Waals surface area contributed by atoms with Gasteiger partial charge in [0.15, 0.2) is 0 Å². The minimum atomic E-state index is -1.14. The Balaban J connectivity index is 1.70. The number of carbonyl (C=O) groups excluding carboxylic acids is 2. The van der Waals surface area contributed by atoms with E-state index in [9.17, 15) is 30.0 Å². The van der Waals surface area contributed by atoms with Gasteiger partial charge in [-0.1, -0.05) is 52.0 Å². The molecule has 3 heterocycles. The predicted octanol–water partition coefficient (Wildman–Crippen LogP) is 3.98. The summed E-state index contributed by atoms with van der Waals surface area (Å²) in [6, 6.07) is 0. The number of piperidine rings is 1. The molecule has 1 amide bonds. The average molecular weight is 679 g/mol. The maximum Gasteiger partial charge on any atom is 0.410 e. The van der Waals surface area contributed by atoms with Gasteiger partial charge >= 0.3 is 12.1 Å². The van der Waals surface area contributed by atoms with Gasteiger partial charge in [-0.3, -0.25) is 4.79 Å². The van der Waals surface area contributed by atoms with E-state index in [4.69, 9.17) is 14.2 Å². The number of esters is 1. The zero-order chi connectivity index (χ0) is 35.8. The van der Waals surface area contributed by atoms with Crippen molar-refractivity contribution in [2.45, 2.75) is 134 Å². The Morgan fingerprint density at radius 2 is 1.92 bits per heavy atom. The molecule has 11 nitrogen and oxygen atoms in total. The fourth-order valence-electron chi connectivity index (χ4n) is 6.71. The first kappa shape index (κ1) is 40.2. The van der Waals surface area contributed by atoms with E-state index < -0.39 is 47.7 Å². The molecule has 11 heteroatoms. The number of hydrogen-bond donors (Lipinski definition) is 4. The van der Waals surface area contributed by atoms with E-state index in [-0.39, 0.29) is 42.9 Å².